The summed E-state index contributed by atoms with van der Waals surface area (Å²) in [6, 6.07) is 8.28. The van der Waals surface area contributed by atoms with Crippen molar-refractivity contribution in [2.24, 2.45) is 0 Å². The molecule has 94 valence electrons. The van der Waals surface area contributed by atoms with Crippen molar-refractivity contribution >= 4 is 11.4 Å². The number of hydrogen-bond acceptors (Lipinski definition) is 4. The Balaban J connectivity index is 1.77. The molecule has 1 aliphatic rings. The van der Waals surface area contributed by atoms with Gasteiger partial charge in [-0.25, -0.2) is 0 Å². The minimum atomic E-state index is 0.868. The molecule has 4 nitrogen and oxygen atoms in total. The van der Waals surface area contributed by atoms with E-state index in [9.17, 15) is 0 Å². The van der Waals surface area contributed by atoms with Crippen molar-refractivity contribution in [3.05, 3.63) is 24.3 Å². The van der Waals surface area contributed by atoms with Crippen LogP contribution in [0.2, 0.25) is 0 Å². The second kappa shape index (κ2) is 6.47. The van der Waals surface area contributed by atoms with Gasteiger partial charge in [0.25, 0.3) is 0 Å². The molecule has 1 aromatic carbocycles. The summed E-state index contributed by atoms with van der Waals surface area (Å²) in [5, 5.41) is 6.65. The van der Waals surface area contributed by atoms with Gasteiger partial charge < -0.3 is 15.4 Å². The number of nitrogens with zero attached hydrogens (tertiary/aromatic N) is 1. The maximum absolute atomic E-state index is 5.33. The lowest BCUT2D eigenvalue weighted by Crippen LogP contribution is -2.39. The zero-order valence-electron chi connectivity index (χ0n) is 10.4. The quantitative estimate of drug-likeness (QED) is 0.810. The van der Waals surface area contributed by atoms with Gasteiger partial charge >= 0.3 is 0 Å². The number of hydrogen-bond donors (Lipinski definition) is 2. The number of nitrogens with one attached hydrogen (secondary N) is 2. The maximum atomic E-state index is 5.33. The topological polar surface area (TPSA) is 36.5 Å². The predicted octanol–water partition coefficient (Wildman–Crippen LogP) is 1.47. The van der Waals surface area contributed by atoms with Crippen LogP contribution in [0.25, 0.3) is 0 Å². The number of para-hydroxylation sites is 2. The highest BCUT2D eigenvalue weighted by atomic mass is 16.5. The smallest absolute Gasteiger partial charge is 0.0594 e. The summed E-state index contributed by atoms with van der Waals surface area (Å²) in [5.41, 5.74) is 2.32. The molecule has 1 saturated heterocycles. The first-order valence-electron chi connectivity index (χ1n) is 6.21. The molecule has 1 heterocycles. The number of ether oxygens (including phenoxy) is 1. The van der Waals surface area contributed by atoms with Gasteiger partial charge in [-0.3, -0.25) is 4.90 Å². The van der Waals surface area contributed by atoms with Crippen molar-refractivity contribution < 1.29 is 4.74 Å². The van der Waals surface area contributed by atoms with E-state index < -0.39 is 0 Å². The van der Waals surface area contributed by atoms with E-state index in [1.54, 1.807) is 0 Å². The highest BCUT2D eigenvalue weighted by Crippen LogP contribution is 2.19. The van der Waals surface area contributed by atoms with Crippen LogP contribution in [0.3, 0.4) is 0 Å². The molecule has 4 heteroatoms. The van der Waals surface area contributed by atoms with Crippen LogP contribution in [0, 0.1) is 0 Å². The molecule has 0 saturated carbocycles. The van der Waals surface area contributed by atoms with Crippen LogP contribution in [-0.2, 0) is 4.74 Å². The standard InChI is InChI=1S/C13H21N3O/c1-14-12-4-2-3-5-13(12)15-6-7-16-8-10-17-11-9-16/h2-5,14-15H,6-11H2,1H3. The molecule has 17 heavy (non-hydrogen) atoms. The molecule has 1 fully saturated rings. The number of benzene rings is 1. The molecular weight excluding hydrogens is 214 g/mol. The Morgan fingerprint density at radius 1 is 1.18 bits per heavy atom. The van der Waals surface area contributed by atoms with E-state index in [1.807, 2.05) is 13.1 Å². The van der Waals surface area contributed by atoms with E-state index in [-0.39, 0.29) is 0 Å². The van der Waals surface area contributed by atoms with E-state index >= 15 is 0 Å². The molecule has 0 atom stereocenters. The molecular formula is C13H21N3O. The second-order valence-corrected chi connectivity index (χ2v) is 4.18. The van der Waals surface area contributed by atoms with E-state index in [2.05, 4.69) is 33.7 Å². The van der Waals surface area contributed by atoms with Crippen LogP contribution in [0.4, 0.5) is 11.4 Å². The average molecular weight is 235 g/mol. The molecule has 0 aliphatic carbocycles. The Hall–Kier alpha value is -1.26. The third-order valence-corrected chi connectivity index (χ3v) is 3.04. The van der Waals surface area contributed by atoms with Crippen LogP contribution in [0.1, 0.15) is 0 Å². The van der Waals surface area contributed by atoms with Gasteiger partial charge in [-0.15, -0.1) is 0 Å². The molecule has 0 radical (unpaired) electrons. The van der Waals surface area contributed by atoms with E-state index in [1.165, 1.54) is 5.69 Å². The second-order valence-electron chi connectivity index (χ2n) is 4.18. The average Bonchev–Trinajstić information content (AvgIpc) is 2.40. The fraction of sp³-hybridized carbons (Fsp3) is 0.538. The summed E-state index contributed by atoms with van der Waals surface area (Å²) in [6.45, 7) is 5.88. The summed E-state index contributed by atoms with van der Waals surface area (Å²) in [5.74, 6) is 0. The molecule has 1 aromatic rings. The van der Waals surface area contributed by atoms with Gasteiger partial charge in [0.2, 0.25) is 0 Å². The van der Waals surface area contributed by atoms with Crippen LogP contribution in [-0.4, -0.2) is 51.3 Å². The first-order valence-corrected chi connectivity index (χ1v) is 6.21. The van der Waals surface area contributed by atoms with Crippen molar-refractivity contribution in [3.8, 4) is 0 Å². The van der Waals surface area contributed by atoms with E-state index in [0.717, 1.165) is 45.1 Å². The first kappa shape index (κ1) is 12.2. The molecule has 2 rings (SSSR count). The molecule has 0 amide bonds. The van der Waals surface area contributed by atoms with Crippen LogP contribution in [0.5, 0.6) is 0 Å². The van der Waals surface area contributed by atoms with Gasteiger partial charge in [0.05, 0.1) is 24.6 Å². The summed E-state index contributed by atoms with van der Waals surface area (Å²) < 4.78 is 5.33. The largest absolute Gasteiger partial charge is 0.386 e. The highest BCUT2D eigenvalue weighted by Gasteiger charge is 2.09. The van der Waals surface area contributed by atoms with Crippen molar-refractivity contribution in [1.29, 1.82) is 0 Å². The lowest BCUT2D eigenvalue weighted by molar-refractivity contribution is 0.0398. The molecule has 0 unspecified atom stereocenters. The molecule has 2 N–H and O–H groups in total. The Morgan fingerprint density at radius 2 is 1.88 bits per heavy atom. The number of anilines is 2. The van der Waals surface area contributed by atoms with Gasteiger partial charge in [-0.1, -0.05) is 12.1 Å². The number of morpholine rings is 1. The maximum Gasteiger partial charge on any atom is 0.0594 e. The SMILES string of the molecule is CNc1ccccc1NCCN1CCOCC1. The zero-order chi connectivity index (χ0) is 11.9. The summed E-state index contributed by atoms with van der Waals surface area (Å²) >= 11 is 0. The molecule has 0 spiro atoms. The molecule has 0 aromatic heterocycles. The van der Waals surface area contributed by atoms with Crippen molar-refractivity contribution in [1.82, 2.24) is 4.90 Å². The predicted molar refractivity (Wildman–Crippen MR) is 71.7 cm³/mol. The minimum absolute atomic E-state index is 0.868. The van der Waals surface area contributed by atoms with Crippen molar-refractivity contribution in [3.63, 3.8) is 0 Å². The normalized spacial score (nSPS) is 16.8. The lowest BCUT2D eigenvalue weighted by atomic mass is 10.2. The molecule has 1 aliphatic heterocycles. The van der Waals surface area contributed by atoms with Crippen LogP contribution < -0.4 is 10.6 Å². The van der Waals surface area contributed by atoms with Crippen molar-refractivity contribution in [2.45, 2.75) is 0 Å². The monoisotopic (exact) mass is 235 g/mol. The fourth-order valence-corrected chi connectivity index (χ4v) is 2.03. The Kier molecular flexibility index (Phi) is 4.64. The van der Waals surface area contributed by atoms with Crippen molar-refractivity contribution in [2.75, 3.05) is 57.1 Å². The van der Waals surface area contributed by atoms with Gasteiger partial charge in [-0.05, 0) is 12.1 Å². The van der Waals surface area contributed by atoms with Gasteiger partial charge in [0, 0.05) is 33.2 Å². The Bertz CT molecular complexity index is 337. The van der Waals surface area contributed by atoms with E-state index in [0.29, 0.717) is 0 Å². The Morgan fingerprint density at radius 3 is 2.59 bits per heavy atom. The third-order valence-electron chi connectivity index (χ3n) is 3.04. The van der Waals surface area contributed by atoms with Gasteiger partial charge in [-0.2, -0.15) is 0 Å². The summed E-state index contributed by atoms with van der Waals surface area (Å²) in [4.78, 5) is 2.43. The zero-order valence-corrected chi connectivity index (χ0v) is 10.4. The van der Waals surface area contributed by atoms with Crippen LogP contribution in [0.15, 0.2) is 24.3 Å². The van der Waals surface area contributed by atoms with Crippen LogP contribution >= 0.6 is 0 Å². The molecule has 0 bridgehead atoms. The lowest BCUT2D eigenvalue weighted by Gasteiger charge is -2.26. The van der Waals surface area contributed by atoms with Gasteiger partial charge in [0.15, 0.2) is 0 Å². The fourth-order valence-electron chi connectivity index (χ4n) is 2.03. The minimum Gasteiger partial charge on any atom is -0.386 e. The van der Waals surface area contributed by atoms with Gasteiger partial charge in [0.1, 0.15) is 0 Å². The Labute approximate surface area is 103 Å². The first-order chi connectivity index (χ1) is 8.40. The third kappa shape index (κ3) is 3.61. The summed E-state index contributed by atoms with van der Waals surface area (Å²) in [6.07, 6.45) is 0. The number of rotatable bonds is 5. The highest BCUT2D eigenvalue weighted by molar-refractivity contribution is 5.68. The van der Waals surface area contributed by atoms with E-state index in [4.69, 9.17) is 4.74 Å². The summed E-state index contributed by atoms with van der Waals surface area (Å²) in [7, 11) is 1.95.